The number of carbonyl (C=O) groups is 2. The zero-order valence-corrected chi connectivity index (χ0v) is 14.4. The summed E-state index contributed by atoms with van der Waals surface area (Å²) in [6, 6.07) is 10.4. The summed E-state index contributed by atoms with van der Waals surface area (Å²) in [5.74, 6) is -0.638. The first-order chi connectivity index (χ1) is 12.2. The van der Waals surface area contributed by atoms with Gasteiger partial charge < -0.3 is 10.1 Å². The molecule has 1 N–H and O–H groups in total. The van der Waals surface area contributed by atoms with E-state index >= 15 is 0 Å². The van der Waals surface area contributed by atoms with Crippen LogP contribution in [0.3, 0.4) is 0 Å². The molecule has 0 bridgehead atoms. The summed E-state index contributed by atoms with van der Waals surface area (Å²) < 4.78 is 4.64. The lowest BCUT2D eigenvalue weighted by Crippen LogP contribution is -2.22. The Balaban J connectivity index is 1.64. The topological polar surface area (TPSA) is 68.3 Å². The number of ether oxygens (including phenoxy) is 1. The SMILES string of the molecule is COC(=O)c1ccc(C(=O)NCc2cncc(-c3ccsc3)c2)cc1. The lowest BCUT2D eigenvalue weighted by molar-refractivity contribution is 0.0600. The molecule has 3 rings (SSSR count). The molecular formula is C19H16N2O3S. The number of hydrogen-bond donors (Lipinski definition) is 1. The first kappa shape index (κ1) is 16.9. The van der Waals surface area contributed by atoms with Crippen molar-refractivity contribution in [3.05, 3.63) is 76.2 Å². The van der Waals surface area contributed by atoms with Crippen LogP contribution in [-0.4, -0.2) is 24.0 Å². The number of esters is 1. The van der Waals surface area contributed by atoms with Gasteiger partial charge in [0.15, 0.2) is 0 Å². The highest BCUT2D eigenvalue weighted by Gasteiger charge is 2.09. The fourth-order valence-corrected chi connectivity index (χ4v) is 3.00. The van der Waals surface area contributed by atoms with Gasteiger partial charge in [-0.05, 0) is 58.3 Å². The van der Waals surface area contributed by atoms with Crippen LogP contribution in [0.15, 0.2) is 59.6 Å². The third-order valence-corrected chi connectivity index (χ3v) is 4.35. The highest BCUT2D eigenvalue weighted by atomic mass is 32.1. The van der Waals surface area contributed by atoms with E-state index in [0.29, 0.717) is 17.7 Å². The van der Waals surface area contributed by atoms with Crippen molar-refractivity contribution in [1.29, 1.82) is 0 Å². The zero-order valence-electron chi connectivity index (χ0n) is 13.6. The number of carbonyl (C=O) groups excluding carboxylic acids is 2. The van der Waals surface area contributed by atoms with Crippen molar-refractivity contribution in [3.8, 4) is 11.1 Å². The molecule has 126 valence electrons. The van der Waals surface area contributed by atoms with Crippen molar-refractivity contribution in [2.75, 3.05) is 7.11 Å². The molecule has 2 aromatic heterocycles. The van der Waals surface area contributed by atoms with E-state index in [2.05, 4.69) is 20.4 Å². The van der Waals surface area contributed by atoms with Gasteiger partial charge in [-0.15, -0.1) is 0 Å². The minimum atomic E-state index is -0.428. The third-order valence-electron chi connectivity index (χ3n) is 3.67. The van der Waals surface area contributed by atoms with Crippen LogP contribution < -0.4 is 5.32 Å². The van der Waals surface area contributed by atoms with Crippen molar-refractivity contribution in [2.45, 2.75) is 6.54 Å². The van der Waals surface area contributed by atoms with Gasteiger partial charge in [-0.2, -0.15) is 11.3 Å². The number of aromatic nitrogens is 1. The predicted octanol–water partition coefficient (Wildman–Crippen LogP) is 3.53. The molecule has 6 heteroatoms. The Kier molecular flexibility index (Phi) is 5.20. The molecule has 1 amide bonds. The Bertz CT molecular complexity index is 874. The molecule has 1 aromatic carbocycles. The Hall–Kier alpha value is -2.99. The number of hydrogen-bond acceptors (Lipinski definition) is 5. The van der Waals surface area contributed by atoms with Gasteiger partial charge in [0.05, 0.1) is 12.7 Å². The van der Waals surface area contributed by atoms with E-state index in [1.165, 1.54) is 7.11 Å². The highest BCUT2D eigenvalue weighted by Crippen LogP contribution is 2.21. The number of nitrogens with zero attached hydrogens (tertiary/aromatic N) is 1. The van der Waals surface area contributed by atoms with E-state index in [4.69, 9.17) is 0 Å². The molecule has 0 spiro atoms. The summed E-state index contributed by atoms with van der Waals surface area (Å²) in [4.78, 5) is 27.9. The lowest BCUT2D eigenvalue weighted by atomic mass is 10.1. The van der Waals surface area contributed by atoms with Crippen molar-refractivity contribution in [1.82, 2.24) is 10.3 Å². The third kappa shape index (κ3) is 4.10. The van der Waals surface area contributed by atoms with Crippen molar-refractivity contribution in [2.24, 2.45) is 0 Å². The Labute approximate surface area is 149 Å². The summed E-state index contributed by atoms with van der Waals surface area (Å²) in [6.45, 7) is 0.378. The fraction of sp³-hybridized carbons (Fsp3) is 0.105. The first-order valence-electron chi connectivity index (χ1n) is 7.60. The number of nitrogens with one attached hydrogen (secondary N) is 1. The molecule has 0 aliphatic carbocycles. The molecule has 0 aliphatic heterocycles. The molecule has 25 heavy (non-hydrogen) atoms. The van der Waals surface area contributed by atoms with Crippen LogP contribution in [0.2, 0.25) is 0 Å². The van der Waals surface area contributed by atoms with Crippen molar-refractivity contribution < 1.29 is 14.3 Å². The number of amides is 1. The molecule has 0 saturated carbocycles. The molecule has 0 radical (unpaired) electrons. The van der Waals surface area contributed by atoms with Crippen LogP contribution in [-0.2, 0) is 11.3 Å². The second kappa shape index (κ2) is 7.72. The van der Waals surface area contributed by atoms with Crippen molar-refractivity contribution >= 4 is 23.2 Å². The second-order valence-electron chi connectivity index (χ2n) is 5.35. The maximum absolute atomic E-state index is 12.2. The zero-order chi connectivity index (χ0) is 17.6. The number of methoxy groups -OCH3 is 1. The molecule has 0 atom stereocenters. The smallest absolute Gasteiger partial charge is 0.337 e. The van der Waals surface area contributed by atoms with Gasteiger partial charge in [0.25, 0.3) is 5.91 Å². The van der Waals surface area contributed by atoms with Gasteiger partial charge >= 0.3 is 5.97 Å². The number of benzene rings is 1. The largest absolute Gasteiger partial charge is 0.465 e. The quantitative estimate of drug-likeness (QED) is 0.713. The van der Waals surface area contributed by atoms with Gasteiger partial charge in [0.1, 0.15) is 0 Å². The van der Waals surface area contributed by atoms with Gasteiger partial charge in [-0.1, -0.05) is 0 Å². The number of thiophene rings is 1. The number of pyridine rings is 1. The molecule has 5 nitrogen and oxygen atoms in total. The molecule has 0 saturated heterocycles. The van der Waals surface area contributed by atoms with E-state index in [-0.39, 0.29) is 5.91 Å². The average molecular weight is 352 g/mol. The van der Waals surface area contributed by atoms with Gasteiger partial charge in [-0.3, -0.25) is 9.78 Å². The molecule has 2 heterocycles. The summed E-state index contributed by atoms with van der Waals surface area (Å²) in [6.07, 6.45) is 3.54. The normalized spacial score (nSPS) is 10.3. The Morgan fingerprint density at radius 2 is 1.84 bits per heavy atom. The summed E-state index contributed by atoms with van der Waals surface area (Å²) in [7, 11) is 1.32. The molecular weight excluding hydrogens is 336 g/mol. The standard InChI is InChI=1S/C19H16N2O3S/c1-24-19(23)15-4-2-14(3-5-15)18(22)21-10-13-8-17(11-20-9-13)16-6-7-25-12-16/h2-9,11-12H,10H2,1H3,(H,21,22). The van der Waals surface area contributed by atoms with E-state index in [1.807, 2.05) is 17.5 Å². The van der Waals surface area contributed by atoms with Crippen LogP contribution in [0.25, 0.3) is 11.1 Å². The van der Waals surface area contributed by atoms with E-state index in [1.54, 1.807) is 48.0 Å². The summed E-state index contributed by atoms with van der Waals surface area (Å²) in [5, 5.41) is 6.93. The summed E-state index contributed by atoms with van der Waals surface area (Å²) >= 11 is 1.63. The highest BCUT2D eigenvalue weighted by molar-refractivity contribution is 7.08. The van der Waals surface area contributed by atoms with Crippen LogP contribution in [0.5, 0.6) is 0 Å². The van der Waals surface area contributed by atoms with Gasteiger partial charge in [-0.25, -0.2) is 4.79 Å². The summed E-state index contributed by atoms with van der Waals surface area (Å²) in [5.41, 5.74) is 3.95. The monoisotopic (exact) mass is 352 g/mol. The van der Waals surface area contributed by atoms with Gasteiger partial charge in [0.2, 0.25) is 0 Å². The molecule has 0 aliphatic rings. The molecule has 0 unspecified atom stereocenters. The predicted molar refractivity (Wildman–Crippen MR) is 96.5 cm³/mol. The second-order valence-corrected chi connectivity index (χ2v) is 6.13. The van der Waals surface area contributed by atoms with Crippen LogP contribution >= 0.6 is 11.3 Å². The van der Waals surface area contributed by atoms with Crippen LogP contribution in [0.1, 0.15) is 26.3 Å². The fourth-order valence-electron chi connectivity index (χ4n) is 2.33. The lowest BCUT2D eigenvalue weighted by Gasteiger charge is -2.07. The minimum Gasteiger partial charge on any atom is -0.465 e. The van der Waals surface area contributed by atoms with Crippen molar-refractivity contribution in [3.63, 3.8) is 0 Å². The average Bonchev–Trinajstić information content (AvgIpc) is 3.20. The van der Waals surface area contributed by atoms with E-state index in [0.717, 1.165) is 16.7 Å². The number of rotatable bonds is 5. The maximum atomic E-state index is 12.2. The molecule has 3 aromatic rings. The Morgan fingerprint density at radius 3 is 2.52 bits per heavy atom. The maximum Gasteiger partial charge on any atom is 0.337 e. The first-order valence-corrected chi connectivity index (χ1v) is 8.55. The van der Waals surface area contributed by atoms with Gasteiger partial charge in [0, 0.05) is 30.1 Å². The minimum absolute atomic E-state index is 0.211. The van der Waals surface area contributed by atoms with E-state index in [9.17, 15) is 9.59 Å². The Morgan fingerprint density at radius 1 is 1.08 bits per heavy atom. The van der Waals surface area contributed by atoms with E-state index < -0.39 is 5.97 Å². The molecule has 0 fully saturated rings. The van der Waals surface area contributed by atoms with Crippen LogP contribution in [0, 0.1) is 0 Å². The van der Waals surface area contributed by atoms with Crippen LogP contribution in [0.4, 0.5) is 0 Å².